The summed E-state index contributed by atoms with van der Waals surface area (Å²) in [5.41, 5.74) is 3.74. The molecule has 2 aromatic carbocycles. The van der Waals surface area contributed by atoms with E-state index in [9.17, 15) is 14.0 Å². The Kier molecular flexibility index (Phi) is 4.63. The number of halogens is 1. The molecule has 0 bridgehead atoms. The van der Waals surface area contributed by atoms with E-state index in [0.29, 0.717) is 36.3 Å². The number of amides is 2. The molecule has 1 aliphatic rings. The number of rotatable bonds is 4. The topological polar surface area (TPSA) is 54.3 Å². The number of aromatic nitrogens is 1. The number of anilines is 1. The highest BCUT2D eigenvalue weighted by atomic mass is 19.1. The van der Waals surface area contributed by atoms with Gasteiger partial charge in [-0.05, 0) is 37.1 Å². The molecule has 0 radical (unpaired) electrons. The highest BCUT2D eigenvalue weighted by Gasteiger charge is 2.31. The molecular weight excluding hydrogens is 357 g/mol. The smallest absolute Gasteiger partial charge is 0.270 e. The minimum atomic E-state index is -0.391. The van der Waals surface area contributed by atoms with Gasteiger partial charge < -0.3 is 14.8 Å². The number of benzene rings is 2. The van der Waals surface area contributed by atoms with Crippen LogP contribution in [0.1, 0.15) is 34.5 Å². The van der Waals surface area contributed by atoms with Crippen LogP contribution >= 0.6 is 0 Å². The number of nitrogens with one attached hydrogen (secondary N) is 1. The summed E-state index contributed by atoms with van der Waals surface area (Å²) in [6.07, 6.45) is 1.17. The van der Waals surface area contributed by atoms with Crippen LogP contribution < -0.4 is 10.2 Å². The largest absolute Gasteiger partial charge is 0.347 e. The van der Waals surface area contributed by atoms with Crippen molar-refractivity contribution in [2.75, 3.05) is 11.4 Å². The fraction of sp³-hybridized carbons (Fsp3) is 0.273. The SMILES string of the molecule is Cc1ccc(CNC(=O)c2c(N3CCCC3=O)c3cc(F)ccc3n2C)cc1. The standard InChI is InChI=1S/C22H22FN3O2/c1-14-5-7-15(8-6-14)13-24-22(28)21-20(26-11-3-4-19(26)27)17-12-16(23)9-10-18(17)25(21)2/h5-10,12H,3-4,11,13H2,1-2H3,(H,24,28). The van der Waals surface area contributed by atoms with E-state index in [4.69, 9.17) is 0 Å². The van der Waals surface area contributed by atoms with Crippen molar-refractivity contribution in [2.45, 2.75) is 26.3 Å². The number of hydrogen-bond donors (Lipinski definition) is 1. The van der Waals surface area contributed by atoms with E-state index in [1.807, 2.05) is 31.2 Å². The molecule has 0 saturated carbocycles. The molecule has 1 aliphatic heterocycles. The van der Waals surface area contributed by atoms with Gasteiger partial charge in [0, 0.05) is 31.9 Å². The van der Waals surface area contributed by atoms with Gasteiger partial charge in [0.25, 0.3) is 5.91 Å². The summed E-state index contributed by atoms with van der Waals surface area (Å²) < 4.78 is 15.7. The Balaban J connectivity index is 1.74. The highest BCUT2D eigenvalue weighted by molar-refractivity contribution is 6.14. The lowest BCUT2D eigenvalue weighted by molar-refractivity contribution is -0.117. The third-order valence-electron chi connectivity index (χ3n) is 5.27. The van der Waals surface area contributed by atoms with Gasteiger partial charge in [0.15, 0.2) is 0 Å². The molecule has 28 heavy (non-hydrogen) atoms. The Morgan fingerprint density at radius 1 is 1.18 bits per heavy atom. The van der Waals surface area contributed by atoms with E-state index in [-0.39, 0.29) is 11.8 Å². The van der Waals surface area contributed by atoms with Crippen LogP contribution in [0.15, 0.2) is 42.5 Å². The Hall–Kier alpha value is -3.15. The van der Waals surface area contributed by atoms with E-state index >= 15 is 0 Å². The van der Waals surface area contributed by atoms with E-state index in [1.165, 1.54) is 12.1 Å². The van der Waals surface area contributed by atoms with Gasteiger partial charge in [-0.2, -0.15) is 0 Å². The Morgan fingerprint density at radius 2 is 1.93 bits per heavy atom. The lowest BCUT2D eigenvalue weighted by atomic mass is 10.1. The van der Waals surface area contributed by atoms with Crippen molar-refractivity contribution in [3.05, 3.63) is 65.1 Å². The van der Waals surface area contributed by atoms with Gasteiger partial charge in [0.1, 0.15) is 11.5 Å². The molecule has 1 fully saturated rings. The monoisotopic (exact) mass is 379 g/mol. The molecule has 1 saturated heterocycles. The Morgan fingerprint density at radius 3 is 2.61 bits per heavy atom. The molecule has 4 rings (SSSR count). The average Bonchev–Trinajstić information content (AvgIpc) is 3.21. The minimum absolute atomic E-state index is 0.0376. The van der Waals surface area contributed by atoms with Crippen LogP contribution in [0.3, 0.4) is 0 Å². The van der Waals surface area contributed by atoms with E-state index in [0.717, 1.165) is 23.1 Å². The summed E-state index contributed by atoms with van der Waals surface area (Å²) in [4.78, 5) is 27.1. The van der Waals surface area contributed by atoms with Crippen LogP contribution in [0.2, 0.25) is 0 Å². The van der Waals surface area contributed by atoms with Crippen molar-refractivity contribution >= 4 is 28.4 Å². The number of carbonyl (C=O) groups excluding carboxylic acids is 2. The van der Waals surface area contributed by atoms with E-state index in [1.54, 1.807) is 22.6 Å². The molecule has 0 atom stereocenters. The summed E-state index contributed by atoms with van der Waals surface area (Å²) in [6, 6.07) is 12.3. The molecule has 2 heterocycles. The Bertz CT molecular complexity index is 1070. The molecular formula is C22H22FN3O2. The zero-order chi connectivity index (χ0) is 19.8. The van der Waals surface area contributed by atoms with Crippen LogP contribution in [-0.2, 0) is 18.4 Å². The molecule has 3 aromatic rings. The second kappa shape index (κ2) is 7.11. The fourth-order valence-electron chi connectivity index (χ4n) is 3.79. The summed E-state index contributed by atoms with van der Waals surface area (Å²) in [5, 5.41) is 3.52. The van der Waals surface area contributed by atoms with Crippen molar-refractivity contribution in [1.82, 2.24) is 9.88 Å². The lowest BCUT2D eigenvalue weighted by Crippen LogP contribution is -2.30. The first-order valence-corrected chi connectivity index (χ1v) is 9.38. The van der Waals surface area contributed by atoms with Crippen molar-refractivity contribution in [3.63, 3.8) is 0 Å². The number of carbonyl (C=O) groups is 2. The first kappa shape index (κ1) is 18.2. The molecule has 0 aliphatic carbocycles. The molecule has 0 unspecified atom stereocenters. The quantitative estimate of drug-likeness (QED) is 0.752. The van der Waals surface area contributed by atoms with Gasteiger partial charge in [0.05, 0.1) is 11.2 Å². The van der Waals surface area contributed by atoms with Gasteiger partial charge in [-0.1, -0.05) is 29.8 Å². The van der Waals surface area contributed by atoms with Gasteiger partial charge in [-0.25, -0.2) is 4.39 Å². The zero-order valence-corrected chi connectivity index (χ0v) is 16.0. The number of hydrogen-bond acceptors (Lipinski definition) is 2. The molecule has 2 amide bonds. The van der Waals surface area contributed by atoms with Gasteiger partial charge in [-0.3, -0.25) is 9.59 Å². The molecule has 5 nitrogen and oxygen atoms in total. The van der Waals surface area contributed by atoms with Crippen LogP contribution in [-0.4, -0.2) is 22.9 Å². The minimum Gasteiger partial charge on any atom is -0.347 e. The first-order valence-electron chi connectivity index (χ1n) is 9.38. The van der Waals surface area contributed by atoms with Crippen molar-refractivity contribution in [3.8, 4) is 0 Å². The molecule has 1 N–H and O–H groups in total. The molecule has 1 aromatic heterocycles. The summed E-state index contributed by atoms with van der Waals surface area (Å²) in [5.74, 6) is -0.712. The molecule has 0 spiro atoms. The van der Waals surface area contributed by atoms with Crippen LogP contribution in [0, 0.1) is 12.7 Å². The second-order valence-corrected chi connectivity index (χ2v) is 7.23. The number of aryl methyl sites for hydroxylation is 2. The lowest BCUT2D eigenvalue weighted by Gasteiger charge is -2.18. The van der Waals surface area contributed by atoms with E-state index in [2.05, 4.69) is 5.32 Å². The zero-order valence-electron chi connectivity index (χ0n) is 16.0. The average molecular weight is 379 g/mol. The number of nitrogens with zero attached hydrogens (tertiary/aromatic N) is 2. The maximum atomic E-state index is 13.9. The van der Waals surface area contributed by atoms with Crippen molar-refractivity contribution in [2.24, 2.45) is 7.05 Å². The first-order chi connectivity index (χ1) is 13.5. The summed E-state index contributed by atoms with van der Waals surface area (Å²) >= 11 is 0. The molecule has 144 valence electrons. The maximum Gasteiger partial charge on any atom is 0.270 e. The highest BCUT2D eigenvalue weighted by Crippen LogP contribution is 2.36. The third kappa shape index (κ3) is 3.15. The summed E-state index contributed by atoms with van der Waals surface area (Å²) in [6.45, 7) is 2.92. The van der Waals surface area contributed by atoms with Crippen LogP contribution in [0.4, 0.5) is 10.1 Å². The Labute approximate surface area is 162 Å². The van der Waals surface area contributed by atoms with E-state index < -0.39 is 5.82 Å². The summed E-state index contributed by atoms with van der Waals surface area (Å²) in [7, 11) is 1.77. The van der Waals surface area contributed by atoms with Crippen LogP contribution in [0.5, 0.6) is 0 Å². The maximum absolute atomic E-state index is 13.9. The van der Waals surface area contributed by atoms with Crippen molar-refractivity contribution < 1.29 is 14.0 Å². The van der Waals surface area contributed by atoms with Gasteiger partial charge in [-0.15, -0.1) is 0 Å². The van der Waals surface area contributed by atoms with Crippen LogP contribution in [0.25, 0.3) is 10.9 Å². The van der Waals surface area contributed by atoms with Gasteiger partial charge in [0.2, 0.25) is 5.91 Å². The van der Waals surface area contributed by atoms with Crippen molar-refractivity contribution in [1.29, 1.82) is 0 Å². The normalized spacial score (nSPS) is 14.1. The predicted molar refractivity (Wildman–Crippen MR) is 107 cm³/mol. The van der Waals surface area contributed by atoms with Gasteiger partial charge >= 0.3 is 0 Å². The fourth-order valence-corrected chi connectivity index (χ4v) is 3.79. The third-order valence-corrected chi connectivity index (χ3v) is 5.27. The number of fused-ring (bicyclic) bond motifs is 1. The predicted octanol–water partition coefficient (Wildman–Crippen LogP) is 3.68. The molecule has 6 heteroatoms. The second-order valence-electron chi connectivity index (χ2n) is 7.23.